The summed E-state index contributed by atoms with van der Waals surface area (Å²) in [5.74, 6) is -0.235. The summed E-state index contributed by atoms with van der Waals surface area (Å²) in [7, 11) is 0. The number of carbonyl (C=O) groups excluding carboxylic acids is 2. The summed E-state index contributed by atoms with van der Waals surface area (Å²) in [6, 6.07) is 6.54. The van der Waals surface area contributed by atoms with Gasteiger partial charge in [0.25, 0.3) is 5.91 Å². The first-order valence-corrected chi connectivity index (χ1v) is 8.57. The van der Waals surface area contributed by atoms with Crippen LogP contribution in [-0.4, -0.2) is 29.6 Å². The largest absolute Gasteiger partial charge is 0.394 e. The van der Waals surface area contributed by atoms with Gasteiger partial charge < -0.3 is 15.7 Å². The van der Waals surface area contributed by atoms with Crippen LogP contribution in [0.4, 0.5) is 5.69 Å². The number of amides is 2. The first kappa shape index (κ1) is 20.2. The molecule has 1 atom stereocenters. The normalized spacial score (nSPS) is 12.5. The summed E-state index contributed by atoms with van der Waals surface area (Å²) >= 11 is 0. The second kappa shape index (κ2) is 9.42. The van der Waals surface area contributed by atoms with Crippen LogP contribution in [0.1, 0.15) is 63.7 Å². The molecule has 1 rings (SSSR count). The zero-order valence-corrected chi connectivity index (χ0v) is 15.2. The minimum absolute atomic E-state index is 0.0113. The van der Waals surface area contributed by atoms with E-state index in [0.29, 0.717) is 24.1 Å². The van der Waals surface area contributed by atoms with Crippen LogP contribution >= 0.6 is 0 Å². The van der Waals surface area contributed by atoms with Gasteiger partial charge in [-0.25, -0.2) is 0 Å². The Labute approximate surface area is 144 Å². The summed E-state index contributed by atoms with van der Waals surface area (Å²) < 4.78 is 0. The van der Waals surface area contributed by atoms with Crippen molar-refractivity contribution >= 4 is 17.5 Å². The maximum Gasteiger partial charge on any atom is 0.251 e. The summed E-state index contributed by atoms with van der Waals surface area (Å²) in [4.78, 5) is 24.0. The van der Waals surface area contributed by atoms with E-state index >= 15 is 0 Å². The summed E-state index contributed by atoms with van der Waals surface area (Å²) in [5, 5.41) is 14.7. The van der Waals surface area contributed by atoms with Gasteiger partial charge in [0.05, 0.1) is 12.6 Å². The fourth-order valence-corrected chi connectivity index (χ4v) is 2.25. The molecule has 0 aliphatic heterocycles. The van der Waals surface area contributed by atoms with Crippen molar-refractivity contribution in [3.05, 3.63) is 29.8 Å². The number of aliphatic hydroxyl groups is 1. The molecule has 2 amide bonds. The Balaban J connectivity index is 2.49. The molecule has 0 aliphatic rings. The molecule has 5 heteroatoms. The molecule has 0 saturated carbocycles. The Morgan fingerprint density at radius 1 is 1.17 bits per heavy atom. The number of anilines is 1. The van der Waals surface area contributed by atoms with Gasteiger partial charge in [-0.3, -0.25) is 9.59 Å². The van der Waals surface area contributed by atoms with Gasteiger partial charge >= 0.3 is 0 Å². The van der Waals surface area contributed by atoms with Crippen molar-refractivity contribution in [2.45, 2.75) is 59.4 Å². The van der Waals surface area contributed by atoms with E-state index in [0.717, 1.165) is 12.8 Å². The molecule has 3 N–H and O–H groups in total. The molecule has 134 valence electrons. The molecule has 1 unspecified atom stereocenters. The average Bonchev–Trinajstić information content (AvgIpc) is 2.51. The minimum atomic E-state index is -0.236. The third-order valence-corrected chi connectivity index (χ3v) is 3.81. The van der Waals surface area contributed by atoms with Crippen LogP contribution in [0.3, 0.4) is 0 Å². The number of nitrogens with one attached hydrogen (secondary N) is 2. The third-order valence-electron chi connectivity index (χ3n) is 3.81. The lowest BCUT2D eigenvalue weighted by Crippen LogP contribution is -2.36. The summed E-state index contributed by atoms with van der Waals surface area (Å²) in [6.07, 6.45) is 3.03. The van der Waals surface area contributed by atoms with Gasteiger partial charge in [-0.1, -0.05) is 27.7 Å². The van der Waals surface area contributed by atoms with E-state index in [4.69, 9.17) is 5.11 Å². The molecule has 5 nitrogen and oxygen atoms in total. The molecule has 0 spiro atoms. The SMILES string of the molecule is CCC(CO)NC(=O)c1ccc(NC(=O)CCCC(C)(C)C)cc1. The van der Waals surface area contributed by atoms with Crippen molar-refractivity contribution in [2.24, 2.45) is 5.41 Å². The third kappa shape index (κ3) is 7.59. The van der Waals surface area contributed by atoms with Crippen molar-refractivity contribution in [1.29, 1.82) is 0 Å². The van der Waals surface area contributed by atoms with Gasteiger partial charge in [0.1, 0.15) is 0 Å². The molecular weight excluding hydrogens is 304 g/mol. The molecule has 1 aromatic rings. The standard InChI is InChI=1S/C19H30N2O3/c1-5-15(13-22)21-18(24)14-8-10-16(11-9-14)20-17(23)7-6-12-19(2,3)4/h8-11,15,22H,5-7,12-13H2,1-4H3,(H,20,23)(H,21,24). The smallest absolute Gasteiger partial charge is 0.251 e. The maximum absolute atomic E-state index is 12.0. The van der Waals surface area contributed by atoms with Crippen molar-refractivity contribution in [1.82, 2.24) is 5.32 Å². The molecule has 0 saturated heterocycles. The van der Waals surface area contributed by atoms with E-state index in [1.165, 1.54) is 0 Å². The molecule has 24 heavy (non-hydrogen) atoms. The Morgan fingerprint density at radius 3 is 2.29 bits per heavy atom. The van der Waals surface area contributed by atoms with Gasteiger partial charge in [0.2, 0.25) is 5.91 Å². The Kier molecular flexibility index (Phi) is 7.92. The van der Waals surface area contributed by atoms with E-state index in [9.17, 15) is 9.59 Å². The predicted octanol–water partition coefficient (Wildman–Crippen LogP) is 3.34. The van der Waals surface area contributed by atoms with Gasteiger partial charge in [-0.05, 0) is 48.9 Å². The van der Waals surface area contributed by atoms with Gasteiger partial charge in [-0.2, -0.15) is 0 Å². The lowest BCUT2D eigenvalue weighted by Gasteiger charge is -2.17. The molecule has 0 bridgehead atoms. The Hall–Kier alpha value is -1.88. The van der Waals surface area contributed by atoms with Crippen molar-refractivity contribution < 1.29 is 14.7 Å². The second-order valence-corrected chi connectivity index (χ2v) is 7.30. The average molecular weight is 334 g/mol. The molecule has 0 radical (unpaired) electrons. The first-order chi connectivity index (χ1) is 11.2. The number of carbonyl (C=O) groups is 2. The van der Waals surface area contributed by atoms with Crippen LogP contribution in [0, 0.1) is 5.41 Å². The second-order valence-electron chi connectivity index (χ2n) is 7.30. The zero-order chi connectivity index (χ0) is 18.2. The highest BCUT2D eigenvalue weighted by atomic mass is 16.3. The lowest BCUT2D eigenvalue weighted by atomic mass is 9.90. The van der Waals surface area contributed by atoms with E-state index in [-0.39, 0.29) is 29.9 Å². The van der Waals surface area contributed by atoms with Crippen molar-refractivity contribution in [2.75, 3.05) is 11.9 Å². The summed E-state index contributed by atoms with van der Waals surface area (Å²) in [6.45, 7) is 8.31. The van der Waals surface area contributed by atoms with E-state index < -0.39 is 0 Å². The monoisotopic (exact) mass is 334 g/mol. The number of hydrogen-bond acceptors (Lipinski definition) is 3. The van der Waals surface area contributed by atoms with Crippen LogP contribution in [-0.2, 0) is 4.79 Å². The molecular formula is C19H30N2O3. The Bertz CT molecular complexity index is 529. The molecule has 0 fully saturated rings. The minimum Gasteiger partial charge on any atom is -0.394 e. The van der Waals surface area contributed by atoms with Gasteiger partial charge in [0, 0.05) is 17.7 Å². The quantitative estimate of drug-likeness (QED) is 0.682. The summed E-state index contributed by atoms with van der Waals surface area (Å²) in [5.41, 5.74) is 1.43. The maximum atomic E-state index is 12.0. The van der Waals surface area contributed by atoms with Gasteiger partial charge in [-0.15, -0.1) is 0 Å². The fourth-order valence-electron chi connectivity index (χ4n) is 2.25. The van der Waals surface area contributed by atoms with Crippen LogP contribution in [0.25, 0.3) is 0 Å². The van der Waals surface area contributed by atoms with Crippen molar-refractivity contribution in [3.63, 3.8) is 0 Å². The first-order valence-electron chi connectivity index (χ1n) is 8.57. The number of hydrogen-bond donors (Lipinski definition) is 3. The molecule has 0 aromatic heterocycles. The van der Waals surface area contributed by atoms with E-state index in [1.54, 1.807) is 24.3 Å². The number of benzene rings is 1. The van der Waals surface area contributed by atoms with E-state index in [1.807, 2.05) is 6.92 Å². The molecule has 1 aromatic carbocycles. The highest BCUT2D eigenvalue weighted by Gasteiger charge is 2.13. The predicted molar refractivity (Wildman–Crippen MR) is 97.0 cm³/mol. The van der Waals surface area contributed by atoms with Crippen LogP contribution in [0.5, 0.6) is 0 Å². The Morgan fingerprint density at radius 2 is 1.79 bits per heavy atom. The highest BCUT2D eigenvalue weighted by Crippen LogP contribution is 2.21. The van der Waals surface area contributed by atoms with E-state index in [2.05, 4.69) is 31.4 Å². The molecule has 0 aliphatic carbocycles. The van der Waals surface area contributed by atoms with Gasteiger partial charge in [0.15, 0.2) is 0 Å². The van der Waals surface area contributed by atoms with Crippen LogP contribution in [0.2, 0.25) is 0 Å². The zero-order valence-electron chi connectivity index (χ0n) is 15.2. The topological polar surface area (TPSA) is 78.4 Å². The van der Waals surface area contributed by atoms with Crippen LogP contribution in [0.15, 0.2) is 24.3 Å². The van der Waals surface area contributed by atoms with Crippen LogP contribution < -0.4 is 10.6 Å². The fraction of sp³-hybridized carbons (Fsp3) is 0.579. The number of aliphatic hydroxyl groups excluding tert-OH is 1. The lowest BCUT2D eigenvalue weighted by molar-refractivity contribution is -0.116. The van der Waals surface area contributed by atoms with Crippen molar-refractivity contribution in [3.8, 4) is 0 Å². The molecule has 0 heterocycles. The highest BCUT2D eigenvalue weighted by molar-refractivity contribution is 5.95. The number of rotatable bonds is 8.